The smallest absolute Gasteiger partial charge is 0.243 e. The molecule has 1 fully saturated rings. The highest BCUT2D eigenvalue weighted by molar-refractivity contribution is 5.98. The molecule has 0 aromatic heterocycles. The first-order chi connectivity index (χ1) is 19.1. The van der Waals surface area contributed by atoms with Crippen molar-refractivity contribution in [3.05, 3.63) is 29.8 Å². The van der Waals surface area contributed by atoms with Crippen molar-refractivity contribution in [2.45, 2.75) is 91.1 Å². The monoisotopic (exact) mass is 574 g/mol. The first-order valence-electron chi connectivity index (χ1n) is 13.7. The van der Waals surface area contributed by atoms with E-state index in [1.165, 1.54) is 32.9 Å². The Morgan fingerprint density at radius 3 is 1.32 bits per heavy atom. The zero-order valence-corrected chi connectivity index (χ0v) is 24.5. The number of nitrogens with one attached hydrogen (secondary N) is 6. The lowest BCUT2D eigenvalue weighted by Gasteiger charge is -2.29. The van der Waals surface area contributed by atoms with Crippen molar-refractivity contribution in [2.75, 3.05) is 0 Å². The second kappa shape index (κ2) is 14.5. The summed E-state index contributed by atoms with van der Waals surface area (Å²) < 4.78 is 0. The lowest BCUT2D eigenvalue weighted by Crippen LogP contribution is -2.61. The molecular formula is C28H42N6O7. The Morgan fingerprint density at radius 2 is 0.927 bits per heavy atom. The number of rotatable bonds is 4. The van der Waals surface area contributed by atoms with Crippen LogP contribution < -0.4 is 31.9 Å². The van der Waals surface area contributed by atoms with Gasteiger partial charge in [0.15, 0.2) is 0 Å². The van der Waals surface area contributed by atoms with E-state index in [1.54, 1.807) is 39.8 Å². The number of hydrogen-bond acceptors (Lipinski definition) is 7. The Bertz CT molecular complexity index is 1130. The summed E-state index contributed by atoms with van der Waals surface area (Å²) in [6, 6.07) is -0.339. The topological polar surface area (TPSA) is 195 Å². The normalized spacial score (nSPS) is 27.5. The van der Waals surface area contributed by atoms with Gasteiger partial charge in [-0.25, -0.2) is 0 Å². The van der Waals surface area contributed by atoms with E-state index in [9.17, 15) is 33.9 Å². The first-order valence-corrected chi connectivity index (χ1v) is 13.7. The first kappa shape index (κ1) is 33.0. The summed E-state index contributed by atoms with van der Waals surface area (Å²) in [6.45, 7) is 11.2. The van der Waals surface area contributed by atoms with Crippen molar-refractivity contribution in [2.24, 2.45) is 11.8 Å². The Balaban J connectivity index is 2.43. The molecule has 2 rings (SSSR count). The number of benzene rings is 1. The molecular weight excluding hydrogens is 532 g/mol. The van der Waals surface area contributed by atoms with Crippen molar-refractivity contribution < 1.29 is 33.9 Å². The van der Waals surface area contributed by atoms with E-state index in [0.29, 0.717) is 5.56 Å². The fraction of sp³-hybridized carbons (Fsp3) is 0.571. The molecule has 6 atom stereocenters. The van der Waals surface area contributed by atoms with Crippen LogP contribution in [0.1, 0.15) is 54.0 Å². The van der Waals surface area contributed by atoms with Crippen molar-refractivity contribution in [1.82, 2.24) is 31.9 Å². The van der Waals surface area contributed by atoms with Gasteiger partial charge in [0, 0.05) is 6.42 Å². The molecule has 0 unspecified atom stereocenters. The molecule has 7 N–H and O–H groups in total. The predicted molar refractivity (Wildman–Crippen MR) is 150 cm³/mol. The minimum Gasteiger partial charge on any atom is -0.508 e. The van der Waals surface area contributed by atoms with Gasteiger partial charge in [-0.3, -0.25) is 28.8 Å². The zero-order valence-electron chi connectivity index (χ0n) is 24.5. The molecule has 13 nitrogen and oxygen atoms in total. The minimum atomic E-state index is -1.15. The molecule has 1 aromatic carbocycles. The van der Waals surface area contributed by atoms with Gasteiger partial charge in [-0.2, -0.15) is 0 Å². The van der Waals surface area contributed by atoms with Crippen molar-refractivity contribution >= 4 is 35.4 Å². The van der Waals surface area contributed by atoms with Gasteiger partial charge in [0.2, 0.25) is 35.4 Å². The highest BCUT2D eigenvalue weighted by Gasteiger charge is 2.33. The average molecular weight is 575 g/mol. The molecule has 1 aliphatic rings. The van der Waals surface area contributed by atoms with Crippen LogP contribution in [0.4, 0.5) is 0 Å². The van der Waals surface area contributed by atoms with Gasteiger partial charge >= 0.3 is 0 Å². The van der Waals surface area contributed by atoms with E-state index in [1.807, 2.05) is 0 Å². The maximum atomic E-state index is 13.3. The Morgan fingerprint density at radius 1 is 0.561 bits per heavy atom. The number of hydrogen-bond donors (Lipinski definition) is 7. The molecule has 1 saturated heterocycles. The molecule has 6 amide bonds. The fourth-order valence-corrected chi connectivity index (χ4v) is 4.12. The molecule has 226 valence electrons. The molecule has 1 aromatic rings. The zero-order chi connectivity index (χ0) is 31.0. The lowest BCUT2D eigenvalue weighted by molar-refractivity contribution is -0.137. The number of aromatic hydroxyl groups is 1. The van der Waals surface area contributed by atoms with E-state index in [0.717, 1.165) is 0 Å². The van der Waals surface area contributed by atoms with Gasteiger partial charge in [0.05, 0.1) is 0 Å². The summed E-state index contributed by atoms with van der Waals surface area (Å²) in [5.74, 6) is -4.50. The highest BCUT2D eigenvalue weighted by atomic mass is 16.3. The van der Waals surface area contributed by atoms with Crippen molar-refractivity contribution in [1.29, 1.82) is 0 Å². The Kier molecular flexibility index (Phi) is 11.7. The van der Waals surface area contributed by atoms with Crippen LogP contribution in [0.2, 0.25) is 0 Å². The second-order valence-corrected chi connectivity index (χ2v) is 11.1. The van der Waals surface area contributed by atoms with Crippen LogP contribution in [-0.2, 0) is 35.2 Å². The largest absolute Gasteiger partial charge is 0.508 e. The fourth-order valence-electron chi connectivity index (χ4n) is 4.12. The summed E-state index contributed by atoms with van der Waals surface area (Å²) in [4.78, 5) is 78.3. The number of carbonyl (C=O) groups is 6. The number of phenols is 1. The van der Waals surface area contributed by atoms with E-state index in [2.05, 4.69) is 31.9 Å². The standard InChI is InChI=1S/C28H42N6O7/c1-13(2)21-27(40)30-15(5)23(36)32-20(12-18-8-10-19(35)11-9-18)26(39)29-16(6)24(37)33-22(14(3)4)28(41)31-17(7)25(38)34-21/h8-11,13-17,20-22,35H,12H2,1-7H3,(H,29,39)(H,30,40)(H,31,41)(H,32,36)(H,33,37)(H,34,38)/t15-,16-,17+,20-,21-,22-/m0/s1. The minimum absolute atomic E-state index is 0.0203. The van der Waals surface area contributed by atoms with Crippen LogP contribution >= 0.6 is 0 Å². The second-order valence-electron chi connectivity index (χ2n) is 11.1. The molecule has 41 heavy (non-hydrogen) atoms. The van der Waals surface area contributed by atoms with Crippen LogP contribution in [0.3, 0.4) is 0 Å². The lowest BCUT2D eigenvalue weighted by atomic mass is 10.0. The summed E-state index contributed by atoms with van der Waals surface area (Å²) in [5.41, 5.74) is 0.618. The van der Waals surface area contributed by atoms with E-state index >= 15 is 0 Å². The van der Waals surface area contributed by atoms with Gasteiger partial charge < -0.3 is 37.0 Å². The number of amides is 6. The van der Waals surface area contributed by atoms with E-state index < -0.39 is 71.7 Å². The van der Waals surface area contributed by atoms with Crippen molar-refractivity contribution in [3.63, 3.8) is 0 Å². The van der Waals surface area contributed by atoms with Gasteiger partial charge in [0.1, 0.15) is 42.0 Å². The van der Waals surface area contributed by atoms with E-state index in [4.69, 9.17) is 0 Å². The Labute approximate surface area is 240 Å². The van der Waals surface area contributed by atoms with Crippen LogP contribution in [0.5, 0.6) is 5.75 Å². The SMILES string of the molecule is CC(C)[C@@H]1NC(=O)[C@H](C)NC(=O)[C@H](Cc2ccc(O)cc2)NC(=O)[C@H](C)NC(=O)[C@H](C(C)C)NC(=O)[C@@H](C)NC1=O. The molecule has 0 radical (unpaired) electrons. The van der Waals surface area contributed by atoms with Crippen LogP contribution in [0.15, 0.2) is 24.3 Å². The van der Waals surface area contributed by atoms with Crippen molar-refractivity contribution in [3.8, 4) is 5.75 Å². The van der Waals surface area contributed by atoms with Crippen LogP contribution in [-0.4, -0.2) is 76.8 Å². The molecule has 13 heteroatoms. The summed E-state index contributed by atoms with van der Waals surface area (Å²) in [7, 11) is 0. The number of phenolic OH excluding ortho intramolecular Hbond substituents is 1. The molecule has 0 saturated carbocycles. The van der Waals surface area contributed by atoms with Gasteiger partial charge in [-0.1, -0.05) is 39.8 Å². The van der Waals surface area contributed by atoms with Gasteiger partial charge in [0.25, 0.3) is 0 Å². The molecule has 0 bridgehead atoms. The van der Waals surface area contributed by atoms with Gasteiger partial charge in [-0.15, -0.1) is 0 Å². The van der Waals surface area contributed by atoms with E-state index in [-0.39, 0.29) is 24.0 Å². The molecule has 1 aliphatic heterocycles. The third-order valence-corrected chi connectivity index (χ3v) is 6.76. The Hall–Kier alpha value is -4.16. The quantitative estimate of drug-likeness (QED) is 0.245. The van der Waals surface area contributed by atoms with Gasteiger partial charge in [-0.05, 0) is 50.3 Å². The van der Waals surface area contributed by atoms with Crippen LogP contribution in [0, 0.1) is 11.8 Å². The average Bonchev–Trinajstić information content (AvgIpc) is 2.89. The molecule has 1 heterocycles. The number of carbonyl (C=O) groups excluding carboxylic acids is 6. The molecule has 0 aliphatic carbocycles. The summed E-state index contributed by atoms with van der Waals surface area (Å²) >= 11 is 0. The third-order valence-electron chi connectivity index (χ3n) is 6.76. The summed E-state index contributed by atoms with van der Waals surface area (Å²) in [5, 5.41) is 25.2. The highest BCUT2D eigenvalue weighted by Crippen LogP contribution is 2.12. The maximum absolute atomic E-state index is 13.3. The predicted octanol–water partition coefficient (Wildman–Crippen LogP) is -0.771. The summed E-state index contributed by atoms with van der Waals surface area (Å²) in [6.07, 6.45) is 0.0203. The third kappa shape index (κ3) is 9.47. The molecule has 0 spiro atoms. The van der Waals surface area contributed by atoms with Crippen LogP contribution in [0.25, 0.3) is 0 Å². The maximum Gasteiger partial charge on any atom is 0.243 e.